The molecule has 1 aromatic heterocycles. The highest BCUT2D eigenvalue weighted by Gasteiger charge is 2.21. The molecular formula is C22H26N4O3. The van der Waals surface area contributed by atoms with Crippen LogP contribution in [0.1, 0.15) is 23.0 Å². The van der Waals surface area contributed by atoms with E-state index in [1.165, 1.54) is 0 Å². The second-order valence-corrected chi connectivity index (χ2v) is 6.67. The lowest BCUT2D eigenvalue weighted by atomic mass is 10.1. The molecule has 2 amide bonds. The van der Waals surface area contributed by atoms with Gasteiger partial charge in [0, 0.05) is 19.4 Å². The van der Waals surface area contributed by atoms with Gasteiger partial charge in [0.1, 0.15) is 30.0 Å². The highest BCUT2D eigenvalue weighted by atomic mass is 16.5. The molecule has 1 atom stereocenters. The first-order chi connectivity index (χ1) is 14.1. The van der Waals surface area contributed by atoms with Crippen molar-refractivity contribution in [3.05, 3.63) is 77.9 Å². The summed E-state index contributed by atoms with van der Waals surface area (Å²) in [5, 5.41) is 5.83. The van der Waals surface area contributed by atoms with Crippen molar-refractivity contribution in [3.63, 3.8) is 0 Å². The lowest BCUT2D eigenvalue weighted by Gasteiger charge is -2.20. The van der Waals surface area contributed by atoms with Gasteiger partial charge in [0.25, 0.3) is 0 Å². The first kappa shape index (κ1) is 20.3. The lowest BCUT2D eigenvalue weighted by Crippen LogP contribution is -2.40. The fourth-order valence-corrected chi connectivity index (χ4v) is 2.99. The van der Waals surface area contributed by atoms with Crippen molar-refractivity contribution in [1.29, 1.82) is 0 Å². The Morgan fingerprint density at radius 3 is 2.69 bits per heavy atom. The van der Waals surface area contributed by atoms with Gasteiger partial charge in [-0.1, -0.05) is 24.3 Å². The zero-order chi connectivity index (χ0) is 20.6. The number of methoxy groups -OCH3 is 1. The maximum absolute atomic E-state index is 12.5. The molecule has 0 fully saturated rings. The van der Waals surface area contributed by atoms with Gasteiger partial charge in [-0.3, -0.25) is 0 Å². The van der Waals surface area contributed by atoms with E-state index in [0.29, 0.717) is 13.2 Å². The van der Waals surface area contributed by atoms with Gasteiger partial charge in [-0.25, -0.2) is 9.78 Å². The SMILES string of the molecule is COc1cccc([C@@H](NC(=O)NCCOc2cccc(C)c2)c2nccn2C)c1. The van der Waals surface area contributed by atoms with E-state index in [2.05, 4.69) is 15.6 Å². The summed E-state index contributed by atoms with van der Waals surface area (Å²) in [4.78, 5) is 16.9. The van der Waals surface area contributed by atoms with E-state index in [4.69, 9.17) is 9.47 Å². The molecule has 0 saturated heterocycles. The molecule has 2 N–H and O–H groups in total. The molecule has 0 saturated carbocycles. The molecule has 29 heavy (non-hydrogen) atoms. The molecule has 152 valence electrons. The average molecular weight is 394 g/mol. The molecule has 3 aromatic rings. The van der Waals surface area contributed by atoms with Crippen LogP contribution in [0.4, 0.5) is 4.79 Å². The van der Waals surface area contributed by atoms with Crippen LogP contribution in [0.5, 0.6) is 11.5 Å². The normalized spacial score (nSPS) is 11.6. The van der Waals surface area contributed by atoms with Crippen LogP contribution in [0.3, 0.4) is 0 Å². The van der Waals surface area contributed by atoms with E-state index in [9.17, 15) is 4.79 Å². The zero-order valence-electron chi connectivity index (χ0n) is 16.9. The number of hydrogen-bond donors (Lipinski definition) is 2. The Labute approximate surface area is 170 Å². The minimum absolute atomic E-state index is 0.298. The van der Waals surface area contributed by atoms with Gasteiger partial charge in [-0.05, 0) is 42.3 Å². The molecule has 0 radical (unpaired) electrons. The molecule has 7 nitrogen and oxygen atoms in total. The molecule has 0 unspecified atom stereocenters. The number of nitrogens with zero attached hydrogens (tertiary/aromatic N) is 2. The topological polar surface area (TPSA) is 77.4 Å². The Kier molecular flexibility index (Phi) is 6.73. The number of aromatic nitrogens is 2. The standard InChI is InChI=1S/C22H26N4O3/c1-16-6-4-9-19(14-16)29-13-11-24-22(27)25-20(21-23-10-12-26(21)2)17-7-5-8-18(15-17)28-3/h4-10,12,14-15,20H,11,13H2,1-3H3,(H2,24,25,27)/t20-/m1/s1. The van der Waals surface area contributed by atoms with Crippen LogP contribution >= 0.6 is 0 Å². The van der Waals surface area contributed by atoms with Gasteiger partial charge in [-0.15, -0.1) is 0 Å². The second kappa shape index (κ2) is 9.64. The fraction of sp³-hybridized carbons (Fsp3) is 0.273. The number of urea groups is 1. The van der Waals surface area contributed by atoms with Crippen molar-refractivity contribution in [2.45, 2.75) is 13.0 Å². The summed E-state index contributed by atoms with van der Waals surface area (Å²) >= 11 is 0. The molecule has 7 heteroatoms. The highest BCUT2D eigenvalue weighted by Crippen LogP contribution is 2.24. The summed E-state index contributed by atoms with van der Waals surface area (Å²) in [5.41, 5.74) is 2.01. The van der Waals surface area contributed by atoms with Crippen LogP contribution in [0.2, 0.25) is 0 Å². The van der Waals surface area contributed by atoms with Crippen molar-refractivity contribution in [1.82, 2.24) is 20.2 Å². The van der Waals surface area contributed by atoms with Gasteiger partial charge in [0.15, 0.2) is 0 Å². The quantitative estimate of drug-likeness (QED) is 0.575. The van der Waals surface area contributed by atoms with Crippen molar-refractivity contribution in [2.24, 2.45) is 7.05 Å². The number of benzene rings is 2. The zero-order valence-corrected chi connectivity index (χ0v) is 16.9. The van der Waals surface area contributed by atoms with Gasteiger partial charge in [-0.2, -0.15) is 0 Å². The lowest BCUT2D eigenvalue weighted by molar-refractivity contribution is 0.233. The fourth-order valence-electron chi connectivity index (χ4n) is 2.99. The van der Waals surface area contributed by atoms with Crippen molar-refractivity contribution in [3.8, 4) is 11.5 Å². The predicted molar refractivity (Wildman–Crippen MR) is 111 cm³/mol. The third-order valence-corrected chi connectivity index (χ3v) is 4.47. The number of imidazole rings is 1. The van der Waals surface area contributed by atoms with Gasteiger partial charge >= 0.3 is 6.03 Å². The maximum atomic E-state index is 12.5. The van der Waals surface area contributed by atoms with E-state index in [1.807, 2.05) is 73.3 Å². The summed E-state index contributed by atoms with van der Waals surface area (Å²) in [5.74, 6) is 2.23. The average Bonchev–Trinajstić information content (AvgIpc) is 3.15. The summed E-state index contributed by atoms with van der Waals surface area (Å²) in [6.45, 7) is 2.77. The predicted octanol–water partition coefficient (Wildman–Crippen LogP) is 3.20. The first-order valence-corrected chi connectivity index (χ1v) is 9.42. The number of rotatable bonds is 8. The number of amides is 2. The molecular weight excluding hydrogens is 368 g/mol. The Hall–Kier alpha value is -3.48. The maximum Gasteiger partial charge on any atom is 0.315 e. The summed E-state index contributed by atoms with van der Waals surface area (Å²) in [6, 6.07) is 14.7. The van der Waals surface area contributed by atoms with Crippen LogP contribution < -0.4 is 20.1 Å². The number of aryl methyl sites for hydroxylation is 2. The smallest absolute Gasteiger partial charge is 0.315 e. The molecule has 3 rings (SSSR count). The minimum atomic E-state index is -0.414. The van der Waals surface area contributed by atoms with Crippen molar-refractivity contribution >= 4 is 6.03 Å². The largest absolute Gasteiger partial charge is 0.497 e. The van der Waals surface area contributed by atoms with Gasteiger partial charge in [0.05, 0.1) is 13.7 Å². The number of hydrogen-bond acceptors (Lipinski definition) is 4. The molecule has 1 heterocycles. The first-order valence-electron chi connectivity index (χ1n) is 9.42. The number of carbonyl (C=O) groups excluding carboxylic acids is 1. The van der Waals surface area contributed by atoms with E-state index >= 15 is 0 Å². The molecule has 0 aliphatic heterocycles. The minimum Gasteiger partial charge on any atom is -0.497 e. The summed E-state index contributed by atoms with van der Waals surface area (Å²) < 4.78 is 12.9. The number of carbonyl (C=O) groups is 1. The van der Waals surface area contributed by atoms with Crippen LogP contribution in [0, 0.1) is 6.92 Å². The molecule has 0 aliphatic rings. The summed E-state index contributed by atoms with van der Waals surface area (Å²) in [6.07, 6.45) is 3.55. The second-order valence-electron chi connectivity index (χ2n) is 6.67. The van der Waals surface area contributed by atoms with Crippen LogP contribution in [-0.2, 0) is 7.05 Å². The van der Waals surface area contributed by atoms with Crippen molar-refractivity contribution in [2.75, 3.05) is 20.3 Å². The molecule has 0 aliphatic carbocycles. The Balaban J connectivity index is 1.61. The highest BCUT2D eigenvalue weighted by molar-refractivity contribution is 5.74. The number of ether oxygens (including phenoxy) is 2. The molecule has 2 aromatic carbocycles. The Morgan fingerprint density at radius 2 is 1.97 bits per heavy atom. The Morgan fingerprint density at radius 1 is 1.17 bits per heavy atom. The van der Waals surface area contributed by atoms with E-state index in [-0.39, 0.29) is 6.03 Å². The van der Waals surface area contributed by atoms with Gasteiger partial charge in [0.2, 0.25) is 0 Å². The monoisotopic (exact) mass is 394 g/mol. The van der Waals surface area contributed by atoms with Crippen molar-refractivity contribution < 1.29 is 14.3 Å². The van der Waals surface area contributed by atoms with E-state index < -0.39 is 6.04 Å². The van der Waals surface area contributed by atoms with Crippen LogP contribution in [0.15, 0.2) is 60.9 Å². The Bertz CT molecular complexity index is 954. The van der Waals surface area contributed by atoms with E-state index in [0.717, 1.165) is 28.5 Å². The third kappa shape index (κ3) is 5.51. The van der Waals surface area contributed by atoms with E-state index in [1.54, 1.807) is 13.3 Å². The van der Waals surface area contributed by atoms with Gasteiger partial charge < -0.3 is 24.7 Å². The van der Waals surface area contributed by atoms with Crippen LogP contribution in [0.25, 0.3) is 0 Å². The summed E-state index contributed by atoms with van der Waals surface area (Å²) in [7, 11) is 3.51. The molecule has 0 bridgehead atoms. The number of nitrogens with one attached hydrogen (secondary N) is 2. The molecule has 0 spiro atoms. The van der Waals surface area contributed by atoms with Crippen LogP contribution in [-0.4, -0.2) is 35.8 Å². The third-order valence-electron chi connectivity index (χ3n) is 4.47.